The SMILES string of the molecule is c1ccc(C2=NC(c3ccc(-c4cccc5oc6cc(-c7ccc8c(c7)oc7ccccc78)ccc6c45)c4ccccc34)NC(c3ccc4c(c3)sc3ccccc34)=N2)cc1. The summed E-state index contributed by atoms with van der Waals surface area (Å²) in [5, 5.41) is 13.0. The Morgan fingerprint density at radius 2 is 1.05 bits per heavy atom. The molecule has 4 heterocycles. The molecule has 0 aliphatic carbocycles. The molecule has 9 aromatic carbocycles. The molecule has 0 spiro atoms. The second kappa shape index (κ2) is 13.4. The molecular weight excluding hydrogens is 767 g/mol. The van der Waals surface area contributed by atoms with Gasteiger partial charge in [0.15, 0.2) is 5.84 Å². The smallest absolute Gasteiger partial charge is 0.159 e. The lowest BCUT2D eigenvalue weighted by atomic mass is 9.91. The van der Waals surface area contributed by atoms with Crippen molar-refractivity contribution in [2.45, 2.75) is 6.17 Å². The van der Waals surface area contributed by atoms with Crippen molar-refractivity contribution < 1.29 is 8.83 Å². The highest BCUT2D eigenvalue weighted by Gasteiger charge is 2.25. The van der Waals surface area contributed by atoms with Crippen LogP contribution >= 0.6 is 11.3 Å². The molecule has 0 saturated carbocycles. The molecule has 5 nitrogen and oxygen atoms in total. The van der Waals surface area contributed by atoms with Gasteiger partial charge in [-0.05, 0) is 81.6 Å². The Hall–Kier alpha value is -7.80. The fourth-order valence-electron chi connectivity index (χ4n) is 9.28. The van der Waals surface area contributed by atoms with E-state index in [0.717, 1.165) is 99.4 Å². The predicted octanol–water partition coefficient (Wildman–Crippen LogP) is 14.8. The van der Waals surface area contributed by atoms with Crippen molar-refractivity contribution in [1.82, 2.24) is 5.32 Å². The summed E-state index contributed by atoms with van der Waals surface area (Å²) in [4.78, 5) is 10.4. The van der Waals surface area contributed by atoms with Crippen LogP contribution in [0, 0.1) is 0 Å². The molecule has 13 rings (SSSR count). The van der Waals surface area contributed by atoms with Crippen LogP contribution in [0.1, 0.15) is 22.9 Å². The van der Waals surface area contributed by atoms with Gasteiger partial charge in [-0.25, -0.2) is 9.98 Å². The van der Waals surface area contributed by atoms with Gasteiger partial charge < -0.3 is 14.2 Å². The molecule has 0 amide bonds. The van der Waals surface area contributed by atoms with Crippen LogP contribution in [0.5, 0.6) is 0 Å². The van der Waals surface area contributed by atoms with Crippen molar-refractivity contribution in [1.29, 1.82) is 0 Å². The van der Waals surface area contributed by atoms with Gasteiger partial charge >= 0.3 is 0 Å². The first-order valence-electron chi connectivity index (χ1n) is 20.5. The summed E-state index contributed by atoms with van der Waals surface area (Å²) in [7, 11) is 0. The third kappa shape index (κ3) is 5.46. The monoisotopic (exact) mass is 799 g/mol. The van der Waals surface area contributed by atoms with Crippen molar-refractivity contribution in [3.05, 3.63) is 205 Å². The standard InChI is InChI=1S/C55H33N3O2S/c1-2-11-32(12-3-1)53-56-54(35-23-25-42-41-16-7-9-20-50(41)61-51(42)31-35)58-55(57-53)44-28-27-38(36-13-4-5-14-37(36)44)43-17-10-19-47-52(43)45-26-22-34(30-49(45)60-47)33-21-24-40-39-15-6-8-18-46(39)59-48(40)29-33/h1-31,55H,(H,56,57,58). The third-order valence-electron chi connectivity index (χ3n) is 12.2. The number of furan rings is 2. The summed E-state index contributed by atoms with van der Waals surface area (Å²) in [6.45, 7) is 0. The maximum atomic E-state index is 6.63. The van der Waals surface area contributed by atoms with E-state index in [-0.39, 0.29) is 6.17 Å². The van der Waals surface area contributed by atoms with Crippen LogP contribution in [-0.2, 0) is 0 Å². The highest BCUT2D eigenvalue weighted by Crippen LogP contribution is 2.43. The second-order valence-electron chi connectivity index (χ2n) is 15.7. The van der Waals surface area contributed by atoms with Gasteiger partial charge in [-0.2, -0.15) is 0 Å². The number of hydrogen-bond donors (Lipinski definition) is 1. The topological polar surface area (TPSA) is 63.0 Å². The Morgan fingerprint density at radius 1 is 0.410 bits per heavy atom. The van der Waals surface area contributed by atoms with Crippen molar-refractivity contribution in [2.24, 2.45) is 9.98 Å². The summed E-state index contributed by atoms with van der Waals surface area (Å²) in [5.74, 6) is 1.51. The summed E-state index contributed by atoms with van der Waals surface area (Å²) in [6, 6.07) is 66.2. The number of para-hydroxylation sites is 1. The van der Waals surface area contributed by atoms with Crippen LogP contribution in [0.4, 0.5) is 0 Å². The lowest BCUT2D eigenvalue weighted by Gasteiger charge is -2.25. The van der Waals surface area contributed by atoms with Crippen LogP contribution in [0.25, 0.3) is 97.1 Å². The number of aliphatic imine (C=N–C) groups is 2. The number of nitrogens with one attached hydrogen (secondary N) is 1. The molecule has 6 heteroatoms. The zero-order valence-electron chi connectivity index (χ0n) is 32.6. The van der Waals surface area contributed by atoms with Crippen molar-refractivity contribution >= 4 is 97.8 Å². The first-order valence-corrected chi connectivity index (χ1v) is 21.3. The van der Waals surface area contributed by atoms with E-state index in [4.69, 9.17) is 18.8 Å². The minimum Gasteiger partial charge on any atom is -0.456 e. The number of benzene rings is 9. The molecule has 0 fully saturated rings. The van der Waals surface area contributed by atoms with E-state index in [0.29, 0.717) is 5.84 Å². The molecule has 61 heavy (non-hydrogen) atoms. The zero-order chi connectivity index (χ0) is 40.0. The maximum absolute atomic E-state index is 6.63. The molecule has 1 aliphatic rings. The highest BCUT2D eigenvalue weighted by molar-refractivity contribution is 7.25. The van der Waals surface area contributed by atoms with Gasteiger partial charge in [-0.1, -0.05) is 140 Å². The molecule has 1 N–H and O–H groups in total. The number of nitrogens with zero attached hydrogens (tertiary/aromatic N) is 2. The number of rotatable bonds is 5. The number of fused-ring (bicyclic) bond motifs is 10. The predicted molar refractivity (Wildman–Crippen MR) is 254 cm³/mol. The largest absolute Gasteiger partial charge is 0.456 e. The van der Waals surface area contributed by atoms with Crippen molar-refractivity contribution in [2.75, 3.05) is 0 Å². The summed E-state index contributed by atoms with van der Waals surface area (Å²) in [5.41, 5.74) is 11.0. The van der Waals surface area contributed by atoms with Gasteiger partial charge in [0.05, 0.1) is 0 Å². The third-order valence-corrected chi connectivity index (χ3v) is 13.3. The quantitative estimate of drug-likeness (QED) is 0.189. The van der Waals surface area contributed by atoms with Gasteiger partial charge in [0.2, 0.25) is 0 Å². The molecule has 0 bridgehead atoms. The van der Waals surface area contributed by atoms with E-state index in [1.807, 2.05) is 41.7 Å². The lowest BCUT2D eigenvalue weighted by molar-refractivity contribution is 0.668. The van der Waals surface area contributed by atoms with Crippen LogP contribution in [0.2, 0.25) is 0 Å². The van der Waals surface area contributed by atoms with E-state index in [9.17, 15) is 0 Å². The molecule has 3 aromatic heterocycles. The van der Waals surface area contributed by atoms with E-state index in [2.05, 4.69) is 163 Å². The molecule has 0 radical (unpaired) electrons. The second-order valence-corrected chi connectivity index (χ2v) is 16.8. The van der Waals surface area contributed by atoms with Gasteiger partial charge in [-0.3, -0.25) is 0 Å². The summed E-state index contributed by atoms with van der Waals surface area (Å²) >= 11 is 1.81. The van der Waals surface area contributed by atoms with E-state index < -0.39 is 0 Å². The van der Waals surface area contributed by atoms with E-state index in [1.54, 1.807) is 0 Å². The number of hydrogen-bond acceptors (Lipinski definition) is 6. The molecule has 1 atom stereocenters. The van der Waals surface area contributed by atoms with Crippen LogP contribution in [0.15, 0.2) is 207 Å². The summed E-state index contributed by atoms with van der Waals surface area (Å²) in [6.07, 6.45) is -0.373. The number of thiophene rings is 1. The normalized spacial score (nSPS) is 14.4. The fraction of sp³-hybridized carbons (Fsp3) is 0.0182. The molecular formula is C55H33N3O2S. The van der Waals surface area contributed by atoms with Crippen LogP contribution < -0.4 is 5.32 Å². The van der Waals surface area contributed by atoms with Crippen molar-refractivity contribution in [3.8, 4) is 22.3 Å². The molecule has 0 saturated heterocycles. The Kier molecular flexibility index (Phi) is 7.47. The Morgan fingerprint density at radius 3 is 1.92 bits per heavy atom. The Bertz CT molecular complexity index is 3810. The molecule has 12 aromatic rings. The average molecular weight is 800 g/mol. The Balaban J connectivity index is 0.911. The van der Waals surface area contributed by atoms with E-state index in [1.165, 1.54) is 20.2 Å². The van der Waals surface area contributed by atoms with Crippen molar-refractivity contribution in [3.63, 3.8) is 0 Å². The average Bonchev–Trinajstić information content (AvgIpc) is 4.02. The van der Waals surface area contributed by atoms with Gasteiger partial charge in [0.25, 0.3) is 0 Å². The minimum atomic E-state index is -0.373. The minimum absolute atomic E-state index is 0.373. The molecule has 1 unspecified atom stereocenters. The van der Waals surface area contributed by atoms with E-state index >= 15 is 0 Å². The molecule has 1 aliphatic heterocycles. The van der Waals surface area contributed by atoms with Crippen LogP contribution in [0.3, 0.4) is 0 Å². The highest BCUT2D eigenvalue weighted by atomic mass is 32.1. The van der Waals surface area contributed by atoms with Crippen LogP contribution in [-0.4, -0.2) is 11.7 Å². The lowest BCUT2D eigenvalue weighted by Crippen LogP contribution is -2.33. The zero-order valence-corrected chi connectivity index (χ0v) is 33.4. The van der Waals surface area contributed by atoms with Gasteiger partial charge in [-0.15, -0.1) is 11.3 Å². The number of amidine groups is 2. The first-order chi connectivity index (χ1) is 30.2. The molecule has 286 valence electrons. The summed E-state index contributed by atoms with van der Waals surface area (Å²) < 4.78 is 15.4. The van der Waals surface area contributed by atoms with Gasteiger partial charge in [0.1, 0.15) is 34.3 Å². The fourth-order valence-corrected chi connectivity index (χ4v) is 10.4. The first kappa shape index (κ1) is 34.1. The Labute approximate surface area is 353 Å². The maximum Gasteiger partial charge on any atom is 0.159 e. The van der Waals surface area contributed by atoms with Gasteiger partial charge in [0, 0.05) is 58.4 Å².